The summed E-state index contributed by atoms with van der Waals surface area (Å²) >= 11 is 0. The standard InChI is InChI=1S/C10H18N4/c1-8(2)5-11-9-3-4-10-13-12-7-14(10)6-9/h7-9,11H,3-6H2,1-2H3. The smallest absolute Gasteiger partial charge is 0.132 e. The van der Waals surface area contributed by atoms with Crippen molar-refractivity contribution in [1.82, 2.24) is 20.1 Å². The first-order valence-corrected chi connectivity index (χ1v) is 5.36. The van der Waals surface area contributed by atoms with Gasteiger partial charge in [0.05, 0.1) is 0 Å². The molecule has 1 aromatic rings. The molecular weight excluding hydrogens is 176 g/mol. The lowest BCUT2D eigenvalue weighted by Gasteiger charge is -2.24. The first kappa shape index (κ1) is 9.65. The predicted molar refractivity (Wildman–Crippen MR) is 55.0 cm³/mol. The number of nitrogens with one attached hydrogen (secondary N) is 1. The van der Waals surface area contributed by atoms with Crippen molar-refractivity contribution < 1.29 is 0 Å². The molecule has 0 aromatic carbocycles. The molecule has 0 saturated heterocycles. The number of hydrogen-bond donors (Lipinski definition) is 1. The van der Waals surface area contributed by atoms with Crippen molar-refractivity contribution in [3.63, 3.8) is 0 Å². The molecule has 0 radical (unpaired) electrons. The number of nitrogens with zero attached hydrogens (tertiary/aromatic N) is 3. The van der Waals surface area contributed by atoms with Gasteiger partial charge in [-0.25, -0.2) is 0 Å². The predicted octanol–water partition coefficient (Wildman–Crippen LogP) is 0.838. The van der Waals surface area contributed by atoms with E-state index in [9.17, 15) is 0 Å². The van der Waals surface area contributed by atoms with Crippen molar-refractivity contribution in [3.05, 3.63) is 12.2 Å². The van der Waals surface area contributed by atoms with Gasteiger partial charge < -0.3 is 9.88 Å². The molecule has 1 N–H and O–H groups in total. The number of fused-ring (bicyclic) bond motifs is 1. The van der Waals surface area contributed by atoms with Crippen molar-refractivity contribution in [3.8, 4) is 0 Å². The molecule has 0 amide bonds. The fourth-order valence-corrected chi connectivity index (χ4v) is 1.83. The minimum atomic E-state index is 0.598. The van der Waals surface area contributed by atoms with Crippen molar-refractivity contribution in [2.75, 3.05) is 6.54 Å². The maximum Gasteiger partial charge on any atom is 0.132 e. The maximum atomic E-state index is 4.07. The van der Waals surface area contributed by atoms with Crippen LogP contribution in [0.1, 0.15) is 26.1 Å². The van der Waals surface area contributed by atoms with Gasteiger partial charge in [0.15, 0.2) is 0 Å². The molecule has 1 aliphatic rings. The van der Waals surface area contributed by atoms with Crippen LogP contribution in [-0.4, -0.2) is 27.4 Å². The van der Waals surface area contributed by atoms with E-state index in [0.29, 0.717) is 6.04 Å². The topological polar surface area (TPSA) is 42.7 Å². The fraction of sp³-hybridized carbons (Fsp3) is 0.800. The van der Waals surface area contributed by atoms with Crippen LogP contribution in [0.15, 0.2) is 6.33 Å². The van der Waals surface area contributed by atoms with Crippen LogP contribution >= 0.6 is 0 Å². The Kier molecular flexibility index (Phi) is 2.82. The summed E-state index contributed by atoms with van der Waals surface area (Å²) in [7, 11) is 0. The number of aryl methyl sites for hydroxylation is 1. The van der Waals surface area contributed by atoms with Gasteiger partial charge in [0.2, 0.25) is 0 Å². The van der Waals surface area contributed by atoms with E-state index in [4.69, 9.17) is 0 Å². The largest absolute Gasteiger partial charge is 0.316 e. The highest BCUT2D eigenvalue weighted by atomic mass is 15.3. The minimum Gasteiger partial charge on any atom is -0.316 e. The molecule has 1 atom stereocenters. The van der Waals surface area contributed by atoms with Crippen LogP contribution in [0, 0.1) is 5.92 Å². The first-order valence-electron chi connectivity index (χ1n) is 5.36. The second kappa shape index (κ2) is 4.09. The van der Waals surface area contributed by atoms with Crippen LogP contribution in [0.2, 0.25) is 0 Å². The molecule has 4 nitrogen and oxygen atoms in total. The summed E-state index contributed by atoms with van der Waals surface area (Å²) in [5.41, 5.74) is 0. The second-order valence-corrected chi connectivity index (χ2v) is 4.44. The number of hydrogen-bond acceptors (Lipinski definition) is 3. The van der Waals surface area contributed by atoms with Crippen molar-refractivity contribution in [1.29, 1.82) is 0 Å². The Hall–Kier alpha value is -0.900. The summed E-state index contributed by atoms with van der Waals surface area (Å²) < 4.78 is 2.15. The summed E-state index contributed by atoms with van der Waals surface area (Å²) in [6, 6.07) is 0.598. The zero-order valence-corrected chi connectivity index (χ0v) is 8.90. The zero-order chi connectivity index (χ0) is 9.97. The third kappa shape index (κ3) is 2.12. The van der Waals surface area contributed by atoms with E-state index in [1.165, 1.54) is 6.42 Å². The first-order chi connectivity index (χ1) is 6.75. The minimum absolute atomic E-state index is 0.598. The van der Waals surface area contributed by atoms with E-state index >= 15 is 0 Å². The maximum absolute atomic E-state index is 4.07. The van der Waals surface area contributed by atoms with E-state index in [0.717, 1.165) is 31.3 Å². The van der Waals surface area contributed by atoms with Gasteiger partial charge in [0.25, 0.3) is 0 Å². The van der Waals surface area contributed by atoms with Crippen molar-refractivity contribution in [2.45, 2.75) is 39.3 Å². The highest BCUT2D eigenvalue weighted by Gasteiger charge is 2.18. The monoisotopic (exact) mass is 194 g/mol. The molecule has 1 aliphatic heterocycles. The Labute approximate surface area is 84.7 Å². The molecular formula is C10H18N4. The van der Waals surface area contributed by atoms with Gasteiger partial charge in [-0.2, -0.15) is 0 Å². The highest BCUT2D eigenvalue weighted by molar-refractivity contribution is 4.93. The molecule has 2 rings (SSSR count). The average Bonchev–Trinajstić information content (AvgIpc) is 2.61. The van der Waals surface area contributed by atoms with Gasteiger partial charge in [-0.3, -0.25) is 0 Å². The quantitative estimate of drug-likeness (QED) is 0.775. The Balaban J connectivity index is 1.88. The summed E-state index contributed by atoms with van der Waals surface area (Å²) in [6.45, 7) is 6.59. The van der Waals surface area contributed by atoms with E-state index in [1.54, 1.807) is 0 Å². The van der Waals surface area contributed by atoms with E-state index in [1.807, 2.05) is 6.33 Å². The normalized spacial score (nSPS) is 21.2. The van der Waals surface area contributed by atoms with Gasteiger partial charge in [-0.1, -0.05) is 13.8 Å². The summed E-state index contributed by atoms with van der Waals surface area (Å²) in [5, 5.41) is 11.6. The summed E-state index contributed by atoms with van der Waals surface area (Å²) in [6.07, 6.45) is 4.07. The van der Waals surface area contributed by atoms with Crippen molar-refractivity contribution in [2.24, 2.45) is 5.92 Å². The summed E-state index contributed by atoms with van der Waals surface area (Å²) in [4.78, 5) is 0. The lowest BCUT2D eigenvalue weighted by Crippen LogP contribution is -2.38. The zero-order valence-electron chi connectivity index (χ0n) is 8.90. The average molecular weight is 194 g/mol. The molecule has 0 saturated carbocycles. The molecule has 14 heavy (non-hydrogen) atoms. The van der Waals surface area contributed by atoms with E-state index in [2.05, 4.69) is 33.9 Å². The van der Waals surface area contributed by atoms with Gasteiger partial charge in [-0.05, 0) is 18.9 Å². The second-order valence-electron chi connectivity index (χ2n) is 4.44. The third-order valence-corrected chi connectivity index (χ3v) is 2.64. The highest BCUT2D eigenvalue weighted by Crippen LogP contribution is 2.11. The molecule has 0 bridgehead atoms. The third-order valence-electron chi connectivity index (χ3n) is 2.64. The molecule has 0 fully saturated rings. The number of aromatic nitrogens is 3. The van der Waals surface area contributed by atoms with Gasteiger partial charge >= 0.3 is 0 Å². The van der Waals surface area contributed by atoms with Crippen LogP contribution < -0.4 is 5.32 Å². The molecule has 0 spiro atoms. The van der Waals surface area contributed by atoms with Crippen LogP contribution in [0.5, 0.6) is 0 Å². The van der Waals surface area contributed by atoms with Crippen LogP contribution in [0.25, 0.3) is 0 Å². The Morgan fingerprint density at radius 2 is 2.50 bits per heavy atom. The van der Waals surface area contributed by atoms with Crippen LogP contribution in [0.4, 0.5) is 0 Å². The molecule has 1 aromatic heterocycles. The molecule has 0 aliphatic carbocycles. The SMILES string of the molecule is CC(C)CNC1CCc2nncn2C1. The fourth-order valence-electron chi connectivity index (χ4n) is 1.83. The van der Waals surface area contributed by atoms with Gasteiger partial charge in [-0.15, -0.1) is 10.2 Å². The Morgan fingerprint density at radius 1 is 1.64 bits per heavy atom. The van der Waals surface area contributed by atoms with E-state index in [-0.39, 0.29) is 0 Å². The molecule has 78 valence electrons. The molecule has 1 unspecified atom stereocenters. The Bertz CT molecular complexity index is 292. The van der Waals surface area contributed by atoms with E-state index < -0.39 is 0 Å². The van der Waals surface area contributed by atoms with Gasteiger partial charge in [0.1, 0.15) is 12.2 Å². The summed E-state index contributed by atoms with van der Waals surface area (Å²) in [5.74, 6) is 1.85. The Morgan fingerprint density at radius 3 is 3.29 bits per heavy atom. The van der Waals surface area contributed by atoms with Crippen LogP contribution in [0.3, 0.4) is 0 Å². The molecule has 2 heterocycles. The van der Waals surface area contributed by atoms with Gasteiger partial charge in [0, 0.05) is 19.0 Å². The lowest BCUT2D eigenvalue weighted by molar-refractivity contribution is 0.363. The lowest BCUT2D eigenvalue weighted by atomic mass is 10.1. The van der Waals surface area contributed by atoms with Crippen molar-refractivity contribution >= 4 is 0 Å². The molecule has 4 heteroatoms. The number of rotatable bonds is 3. The van der Waals surface area contributed by atoms with Crippen LogP contribution in [-0.2, 0) is 13.0 Å².